The van der Waals surface area contributed by atoms with E-state index in [1.165, 1.54) is 51.5 Å². The minimum atomic E-state index is -0.640. The summed E-state index contributed by atoms with van der Waals surface area (Å²) in [6, 6.07) is 1.24. The van der Waals surface area contributed by atoms with E-state index in [2.05, 4.69) is 18.7 Å². The first-order valence-electron chi connectivity index (χ1n) is 8.55. The van der Waals surface area contributed by atoms with Crippen molar-refractivity contribution in [2.24, 2.45) is 11.8 Å². The third-order valence-electron chi connectivity index (χ3n) is 5.46. The van der Waals surface area contributed by atoms with Gasteiger partial charge in [0.05, 0.1) is 0 Å². The van der Waals surface area contributed by atoms with Gasteiger partial charge >= 0.3 is 5.97 Å². The first-order valence-corrected chi connectivity index (χ1v) is 8.55. The van der Waals surface area contributed by atoms with Crippen molar-refractivity contribution in [3.63, 3.8) is 0 Å². The van der Waals surface area contributed by atoms with Crippen LogP contribution in [0.25, 0.3) is 0 Å². The fourth-order valence-electron chi connectivity index (χ4n) is 4.21. The number of likely N-dealkylation sites (tertiary alicyclic amines) is 1. The van der Waals surface area contributed by atoms with Gasteiger partial charge < -0.3 is 5.11 Å². The van der Waals surface area contributed by atoms with Gasteiger partial charge in [-0.3, -0.25) is 9.69 Å². The van der Waals surface area contributed by atoms with Crippen LogP contribution in [0.4, 0.5) is 0 Å². The van der Waals surface area contributed by atoms with Gasteiger partial charge in [0.25, 0.3) is 0 Å². The van der Waals surface area contributed by atoms with Gasteiger partial charge in [0.15, 0.2) is 0 Å². The molecule has 3 atom stereocenters. The Morgan fingerprint density at radius 3 is 2.70 bits per heavy atom. The van der Waals surface area contributed by atoms with Crippen LogP contribution in [-0.2, 0) is 4.79 Å². The number of carboxylic acids is 1. The maximum atomic E-state index is 10.8. The second-order valence-corrected chi connectivity index (χ2v) is 7.14. The van der Waals surface area contributed by atoms with Crippen LogP contribution in [0.2, 0.25) is 0 Å². The molecule has 1 aliphatic heterocycles. The van der Waals surface area contributed by atoms with Crippen LogP contribution in [0, 0.1) is 11.8 Å². The van der Waals surface area contributed by atoms with E-state index in [-0.39, 0.29) is 0 Å². The smallest absolute Gasteiger partial charge is 0.303 e. The predicted molar refractivity (Wildman–Crippen MR) is 81.8 cm³/mol. The van der Waals surface area contributed by atoms with Gasteiger partial charge in [-0.2, -0.15) is 0 Å². The van der Waals surface area contributed by atoms with E-state index in [9.17, 15) is 4.79 Å². The fourth-order valence-corrected chi connectivity index (χ4v) is 4.21. The lowest BCUT2D eigenvalue weighted by atomic mass is 9.78. The molecule has 0 aromatic rings. The van der Waals surface area contributed by atoms with Crippen LogP contribution in [0.5, 0.6) is 0 Å². The number of carboxylic acid groups (broad SMARTS) is 1. The molecule has 20 heavy (non-hydrogen) atoms. The number of aliphatic carboxylic acids is 1. The molecule has 0 spiro atoms. The summed E-state index contributed by atoms with van der Waals surface area (Å²) in [5.41, 5.74) is 0. The Balaban J connectivity index is 1.94. The Kier molecular flexibility index (Phi) is 5.88. The van der Waals surface area contributed by atoms with Gasteiger partial charge in [-0.05, 0) is 50.5 Å². The van der Waals surface area contributed by atoms with Crippen molar-refractivity contribution >= 4 is 5.97 Å². The quantitative estimate of drug-likeness (QED) is 0.830. The molecule has 3 heteroatoms. The molecule has 3 nitrogen and oxygen atoms in total. The maximum absolute atomic E-state index is 10.8. The third kappa shape index (κ3) is 4.21. The van der Waals surface area contributed by atoms with Gasteiger partial charge in [0.1, 0.15) is 0 Å². The summed E-state index contributed by atoms with van der Waals surface area (Å²) < 4.78 is 0. The molecule has 116 valence electrons. The number of carbonyl (C=O) groups is 1. The number of hydrogen-bond acceptors (Lipinski definition) is 2. The number of nitrogens with zero attached hydrogens (tertiary/aromatic N) is 1. The highest BCUT2D eigenvalue weighted by molar-refractivity contribution is 5.66. The molecule has 0 radical (unpaired) electrons. The van der Waals surface area contributed by atoms with Crippen LogP contribution in [0.1, 0.15) is 71.6 Å². The molecular formula is C17H31NO2. The van der Waals surface area contributed by atoms with Gasteiger partial charge in [0.2, 0.25) is 0 Å². The molecule has 2 rings (SSSR count). The fraction of sp³-hybridized carbons (Fsp3) is 0.941. The standard InChI is InChI=1S/C17H31NO2/c1-13(2)14-6-5-8-16(12-14)18-11-4-3-7-15(18)9-10-17(19)20/h13-16H,3-12H2,1-2H3,(H,19,20). The van der Waals surface area contributed by atoms with Crippen molar-refractivity contribution in [2.45, 2.75) is 83.7 Å². The second kappa shape index (κ2) is 7.44. The summed E-state index contributed by atoms with van der Waals surface area (Å²) in [6.45, 7) is 5.90. The molecule has 2 fully saturated rings. The molecule has 0 amide bonds. The van der Waals surface area contributed by atoms with Crippen LogP contribution >= 0.6 is 0 Å². The summed E-state index contributed by atoms with van der Waals surface area (Å²) in [4.78, 5) is 13.5. The van der Waals surface area contributed by atoms with E-state index in [1.54, 1.807) is 0 Å². The molecule has 1 aliphatic carbocycles. The van der Waals surface area contributed by atoms with Crippen molar-refractivity contribution in [2.75, 3.05) is 6.54 Å². The van der Waals surface area contributed by atoms with Crippen molar-refractivity contribution in [3.05, 3.63) is 0 Å². The largest absolute Gasteiger partial charge is 0.481 e. The Labute approximate surface area is 123 Å². The zero-order chi connectivity index (χ0) is 14.5. The minimum Gasteiger partial charge on any atom is -0.481 e. The van der Waals surface area contributed by atoms with E-state index in [0.717, 1.165) is 24.3 Å². The van der Waals surface area contributed by atoms with Crippen molar-refractivity contribution in [1.82, 2.24) is 4.90 Å². The van der Waals surface area contributed by atoms with Gasteiger partial charge in [-0.25, -0.2) is 0 Å². The van der Waals surface area contributed by atoms with Crippen LogP contribution < -0.4 is 0 Å². The molecule has 1 heterocycles. The highest BCUT2D eigenvalue weighted by atomic mass is 16.4. The zero-order valence-corrected chi connectivity index (χ0v) is 13.2. The third-order valence-corrected chi connectivity index (χ3v) is 5.46. The zero-order valence-electron chi connectivity index (χ0n) is 13.2. The van der Waals surface area contributed by atoms with Gasteiger partial charge in [-0.1, -0.05) is 33.1 Å². The van der Waals surface area contributed by atoms with Crippen molar-refractivity contribution in [3.8, 4) is 0 Å². The average molecular weight is 281 g/mol. The molecule has 3 unspecified atom stereocenters. The van der Waals surface area contributed by atoms with E-state index >= 15 is 0 Å². The van der Waals surface area contributed by atoms with Gasteiger partial charge in [0, 0.05) is 18.5 Å². The summed E-state index contributed by atoms with van der Waals surface area (Å²) in [5, 5.41) is 8.94. The molecule has 0 bridgehead atoms. The van der Waals surface area contributed by atoms with Crippen molar-refractivity contribution in [1.29, 1.82) is 0 Å². The Morgan fingerprint density at radius 1 is 1.20 bits per heavy atom. The van der Waals surface area contributed by atoms with Gasteiger partial charge in [-0.15, -0.1) is 0 Å². The second-order valence-electron chi connectivity index (χ2n) is 7.14. The van der Waals surface area contributed by atoms with Crippen LogP contribution in [0.15, 0.2) is 0 Å². The number of rotatable bonds is 5. The highest BCUT2D eigenvalue weighted by Crippen LogP contribution is 2.35. The first kappa shape index (κ1) is 15.8. The number of hydrogen-bond donors (Lipinski definition) is 1. The monoisotopic (exact) mass is 281 g/mol. The van der Waals surface area contributed by atoms with E-state index in [4.69, 9.17) is 5.11 Å². The topological polar surface area (TPSA) is 40.5 Å². The SMILES string of the molecule is CC(C)C1CCCC(N2CCCCC2CCC(=O)O)C1. The lowest BCUT2D eigenvalue weighted by molar-refractivity contribution is -0.137. The van der Waals surface area contributed by atoms with E-state index < -0.39 is 5.97 Å². The Bertz CT molecular complexity index is 316. The predicted octanol–water partition coefficient (Wildman–Crippen LogP) is 3.92. The lowest BCUT2D eigenvalue weighted by Crippen LogP contribution is -2.48. The first-order chi connectivity index (χ1) is 9.58. The lowest BCUT2D eigenvalue weighted by Gasteiger charge is -2.45. The normalized spacial score (nSPS) is 32.5. The minimum absolute atomic E-state index is 0.335. The molecular weight excluding hydrogens is 250 g/mol. The molecule has 2 aliphatic rings. The Hall–Kier alpha value is -0.570. The van der Waals surface area contributed by atoms with Crippen molar-refractivity contribution < 1.29 is 9.90 Å². The number of piperidine rings is 1. The maximum Gasteiger partial charge on any atom is 0.303 e. The molecule has 0 aromatic carbocycles. The molecule has 1 saturated carbocycles. The van der Waals surface area contributed by atoms with E-state index in [1.807, 2.05) is 0 Å². The molecule has 0 aromatic heterocycles. The van der Waals surface area contributed by atoms with Crippen LogP contribution in [-0.4, -0.2) is 34.6 Å². The van der Waals surface area contributed by atoms with E-state index in [0.29, 0.717) is 12.5 Å². The highest BCUT2D eigenvalue weighted by Gasteiger charge is 2.33. The summed E-state index contributed by atoms with van der Waals surface area (Å²) in [7, 11) is 0. The molecule has 1 N–H and O–H groups in total. The summed E-state index contributed by atoms with van der Waals surface area (Å²) >= 11 is 0. The molecule has 1 saturated heterocycles. The Morgan fingerprint density at radius 2 is 2.00 bits per heavy atom. The van der Waals surface area contributed by atoms with Crippen LogP contribution in [0.3, 0.4) is 0 Å². The average Bonchev–Trinajstić information content (AvgIpc) is 2.45. The summed E-state index contributed by atoms with van der Waals surface area (Å²) in [6.07, 6.45) is 10.4. The summed E-state index contributed by atoms with van der Waals surface area (Å²) in [5.74, 6) is 1.02.